The highest BCUT2D eigenvalue weighted by Crippen LogP contribution is 2.29. The van der Waals surface area contributed by atoms with Crippen LogP contribution in [0.15, 0.2) is 18.2 Å². The maximum atomic E-state index is 12.0. The fourth-order valence-corrected chi connectivity index (χ4v) is 2.75. The number of halogens is 1. The maximum Gasteiger partial charge on any atom is 0.337 e. The van der Waals surface area contributed by atoms with Crippen LogP contribution in [0.3, 0.4) is 0 Å². The molecule has 0 bridgehead atoms. The fraction of sp³-hybridized carbons (Fsp3) is 0.429. The van der Waals surface area contributed by atoms with Crippen molar-refractivity contribution in [2.45, 2.75) is 13.3 Å². The third-order valence-corrected chi connectivity index (χ3v) is 4.25. The van der Waals surface area contributed by atoms with Crippen LogP contribution in [0, 0.1) is 12.8 Å². The van der Waals surface area contributed by atoms with Crippen molar-refractivity contribution >= 4 is 33.5 Å². The van der Waals surface area contributed by atoms with Gasteiger partial charge in [-0.1, -0.05) is 15.9 Å². The van der Waals surface area contributed by atoms with Crippen LogP contribution in [0.25, 0.3) is 0 Å². The summed E-state index contributed by atoms with van der Waals surface area (Å²) in [4.78, 5) is 25.2. The first kappa shape index (κ1) is 14.1. The van der Waals surface area contributed by atoms with Crippen molar-refractivity contribution in [3.8, 4) is 0 Å². The van der Waals surface area contributed by atoms with Crippen LogP contribution in [0.5, 0.6) is 0 Å². The van der Waals surface area contributed by atoms with Gasteiger partial charge >= 0.3 is 5.97 Å². The number of methoxy groups -OCH3 is 1. The molecule has 1 fully saturated rings. The minimum atomic E-state index is -0.360. The molecule has 0 spiro atoms. The molecule has 1 amide bonds. The van der Waals surface area contributed by atoms with Crippen molar-refractivity contribution < 1.29 is 14.3 Å². The summed E-state index contributed by atoms with van der Waals surface area (Å²) in [6.07, 6.45) is 0.573. The fourth-order valence-electron chi connectivity index (χ4n) is 2.32. The molecule has 5 heteroatoms. The zero-order chi connectivity index (χ0) is 14.0. The molecule has 1 atom stereocenters. The minimum Gasteiger partial charge on any atom is -0.465 e. The first-order chi connectivity index (χ1) is 9.06. The molecular formula is C14H16BrNO3. The minimum absolute atomic E-state index is 0.137. The zero-order valence-corrected chi connectivity index (χ0v) is 12.6. The molecule has 1 saturated heterocycles. The quantitative estimate of drug-likeness (QED) is 0.633. The number of amides is 1. The summed E-state index contributed by atoms with van der Waals surface area (Å²) in [5, 5.41) is 0.828. The number of ether oxygens (including phenoxy) is 1. The summed E-state index contributed by atoms with van der Waals surface area (Å²) in [6.45, 7) is 2.62. The number of benzene rings is 1. The highest BCUT2D eigenvalue weighted by atomic mass is 79.9. The van der Waals surface area contributed by atoms with E-state index in [1.54, 1.807) is 17.0 Å². The third-order valence-electron chi connectivity index (χ3n) is 3.33. The summed E-state index contributed by atoms with van der Waals surface area (Å²) in [7, 11) is 1.36. The lowest BCUT2D eigenvalue weighted by molar-refractivity contribution is -0.117. The molecule has 1 aromatic rings. The lowest BCUT2D eigenvalue weighted by Gasteiger charge is -2.19. The molecule has 102 valence electrons. The molecule has 0 saturated carbocycles. The summed E-state index contributed by atoms with van der Waals surface area (Å²) >= 11 is 3.42. The number of esters is 1. The molecule has 0 radical (unpaired) electrons. The van der Waals surface area contributed by atoms with Gasteiger partial charge < -0.3 is 9.64 Å². The lowest BCUT2D eigenvalue weighted by Crippen LogP contribution is -2.25. The number of carbonyl (C=O) groups excluding carboxylic acids is 2. The van der Waals surface area contributed by atoms with E-state index in [1.165, 1.54) is 7.11 Å². The first-order valence-corrected chi connectivity index (χ1v) is 7.24. The van der Waals surface area contributed by atoms with Gasteiger partial charge in [0.25, 0.3) is 0 Å². The second-order valence-electron chi connectivity index (χ2n) is 4.72. The Morgan fingerprint density at radius 1 is 1.53 bits per heavy atom. The van der Waals surface area contributed by atoms with Gasteiger partial charge in [-0.25, -0.2) is 4.79 Å². The molecule has 0 N–H and O–H groups in total. The smallest absolute Gasteiger partial charge is 0.337 e. The predicted octanol–water partition coefficient (Wildman–Crippen LogP) is 2.53. The lowest BCUT2D eigenvalue weighted by atomic mass is 10.1. The number of carbonyl (C=O) groups is 2. The second-order valence-corrected chi connectivity index (χ2v) is 5.37. The maximum absolute atomic E-state index is 12.0. The Morgan fingerprint density at radius 2 is 2.26 bits per heavy atom. The standard InChI is InChI=1S/C14H16BrNO3/c1-9-5-11(14(18)19-2)3-4-12(9)16-8-10(7-15)6-13(16)17/h3-5,10H,6-8H2,1-2H3. The van der Waals surface area contributed by atoms with E-state index in [4.69, 9.17) is 0 Å². The van der Waals surface area contributed by atoms with Gasteiger partial charge in [-0.3, -0.25) is 4.79 Å². The number of rotatable bonds is 3. The molecule has 19 heavy (non-hydrogen) atoms. The van der Waals surface area contributed by atoms with Crippen molar-refractivity contribution in [1.29, 1.82) is 0 Å². The summed E-state index contributed by atoms with van der Waals surface area (Å²) in [5.74, 6) is 0.131. The van der Waals surface area contributed by atoms with Gasteiger partial charge in [0.1, 0.15) is 0 Å². The molecule has 1 unspecified atom stereocenters. The Balaban J connectivity index is 2.27. The van der Waals surface area contributed by atoms with Crippen molar-refractivity contribution in [3.05, 3.63) is 29.3 Å². The molecule has 1 heterocycles. The van der Waals surface area contributed by atoms with Crippen LogP contribution >= 0.6 is 15.9 Å². The molecule has 0 aliphatic carbocycles. The average Bonchev–Trinajstić information content (AvgIpc) is 2.79. The van der Waals surface area contributed by atoms with Gasteiger partial charge in [0.15, 0.2) is 0 Å². The number of hydrogen-bond acceptors (Lipinski definition) is 3. The number of anilines is 1. The van der Waals surface area contributed by atoms with Gasteiger partial charge in [0, 0.05) is 24.0 Å². The molecule has 0 aromatic heterocycles. The monoisotopic (exact) mass is 325 g/mol. The van der Waals surface area contributed by atoms with E-state index < -0.39 is 0 Å². The van der Waals surface area contributed by atoms with Gasteiger partial charge in [0.2, 0.25) is 5.91 Å². The molecule has 1 aromatic carbocycles. The Kier molecular flexibility index (Phi) is 4.24. The summed E-state index contributed by atoms with van der Waals surface area (Å²) in [5.41, 5.74) is 2.29. The first-order valence-electron chi connectivity index (χ1n) is 6.12. The SMILES string of the molecule is COC(=O)c1ccc(N2CC(CBr)CC2=O)c(C)c1. The van der Waals surface area contributed by atoms with Crippen LogP contribution in [-0.4, -0.2) is 30.9 Å². The predicted molar refractivity (Wildman–Crippen MR) is 76.8 cm³/mol. The van der Waals surface area contributed by atoms with E-state index in [0.29, 0.717) is 17.9 Å². The van der Waals surface area contributed by atoms with Gasteiger partial charge in [0.05, 0.1) is 12.7 Å². The van der Waals surface area contributed by atoms with Gasteiger partial charge in [-0.2, -0.15) is 0 Å². The summed E-state index contributed by atoms with van der Waals surface area (Å²) < 4.78 is 4.69. The van der Waals surface area contributed by atoms with Crippen LogP contribution in [0.2, 0.25) is 0 Å². The van der Waals surface area contributed by atoms with E-state index in [9.17, 15) is 9.59 Å². The Bertz CT molecular complexity index is 515. The molecule has 4 nitrogen and oxygen atoms in total. The van der Waals surface area contributed by atoms with Gasteiger partial charge in [-0.15, -0.1) is 0 Å². The Labute approximate surface area is 120 Å². The van der Waals surface area contributed by atoms with Crippen LogP contribution in [0.1, 0.15) is 22.3 Å². The van der Waals surface area contributed by atoms with Crippen molar-refractivity contribution in [2.75, 3.05) is 23.9 Å². The number of alkyl halides is 1. The topological polar surface area (TPSA) is 46.6 Å². The molecule has 1 aliphatic heterocycles. The van der Waals surface area contributed by atoms with E-state index in [1.807, 2.05) is 13.0 Å². The molecule has 1 aliphatic rings. The van der Waals surface area contributed by atoms with E-state index in [-0.39, 0.29) is 11.9 Å². The number of aryl methyl sites for hydroxylation is 1. The van der Waals surface area contributed by atoms with Crippen molar-refractivity contribution in [3.63, 3.8) is 0 Å². The third kappa shape index (κ3) is 2.81. The average molecular weight is 326 g/mol. The Morgan fingerprint density at radius 3 is 2.79 bits per heavy atom. The van der Waals surface area contributed by atoms with E-state index in [0.717, 1.165) is 23.1 Å². The van der Waals surface area contributed by atoms with Crippen LogP contribution < -0.4 is 4.90 Å². The largest absolute Gasteiger partial charge is 0.465 e. The number of hydrogen-bond donors (Lipinski definition) is 0. The Hall–Kier alpha value is -1.36. The second kappa shape index (κ2) is 5.74. The zero-order valence-electron chi connectivity index (χ0n) is 11.0. The normalized spacial score (nSPS) is 18.8. The number of nitrogens with zero attached hydrogens (tertiary/aromatic N) is 1. The van der Waals surface area contributed by atoms with Crippen molar-refractivity contribution in [1.82, 2.24) is 0 Å². The van der Waals surface area contributed by atoms with Gasteiger partial charge in [-0.05, 0) is 36.6 Å². The highest BCUT2D eigenvalue weighted by molar-refractivity contribution is 9.09. The van der Waals surface area contributed by atoms with Crippen LogP contribution in [-0.2, 0) is 9.53 Å². The van der Waals surface area contributed by atoms with Crippen molar-refractivity contribution in [2.24, 2.45) is 5.92 Å². The molecule has 2 rings (SSSR count). The molecular weight excluding hydrogens is 310 g/mol. The highest BCUT2D eigenvalue weighted by Gasteiger charge is 2.30. The van der Waals surface area contributed by atoms with E-state index >= 15 is 0 Å². The van der Waals surface area contributed by atoms with Crippen LogP contribution in [0.4, 0.5) is 5.69 Å². The van der Waals surface area contributed by atoms with E-state index in [2.05, 4.69) is 20.7 Å². The summed E-state index contributed by atoms with van der Waals surface area (Å²) in [6, 6.07) is 5.27.